The number of hydrogen-bond donors (Lipinski definition) is 3. The van der Waals surface area contributed by atoms with Crippen LogP contribution in [-0.2, 0) is 16.4 Å². The molecule has 0 bridgehead atoms. The van der Waals surface area contributed by atoms with Crippen molar-refractivity contribution in [3.63, 3.8) is 0 Å². The first-order chi connectivity index (χ1) is 17.1. The highest BCUT2D eigenvalue weighted by molar-refractivity contribution is 9.10. The quantitative estimate of drug-likeness (QED) is 0.278. The molecular formula is C22H19BrN6O5S2. The minimum absolute atomic E-state index is 0.0188. The van der Waals surface area contributed by atoms with Crippen LogP contribution in [0.15, 0.2) is 66.4 Å². The van der Waals surface area contributed by atoms with Crippen molar-refractivity contribution in [1.29, 1.82) is 0 Å². The number of aliphatic imine (C=N–C) groups is 1. The minimum atomic E-state index is -3.88. The monoisotopic (exact) mass is 590 g/mol. The van der Waals surface area contributed by atoms with Crippen LogP contribution in [0.4, 0.5) is 10.8 Å². The number of aromatic hydroxyl groups is 1. The second-order valence-corrected chi connectivity index (χ2v) is 11.1. The first kappa shape index (κ1) is 25.5. The summed E-state index contributed by atoms with van der Waals surface area (Å²) in [6, 6.07) is 10.6. The molecule has 4 aromatic rings. The van der Waals surface area contributed by atoms with Crippen LogP contribution in [-0.4, -0.2) is 39.5 Å². The predicted molar refractivity (Wildman–Crippen MR) is 141 cm³/mol. The maximum absolute atomic E-state index is 12.6. The van der Waals surface area contributed by atoms with Gasteiger partial charge in [-0.3, -0.25) is 19.5 Å². The van der Waals surface area contributed by atoms with E-state index >= 15 is 0 Å². The number of aromatic nitrogens is 4. The number of rotatable bonds is 7. The second-order valence-electron chi connectivity index (χ2n) is 7.47. The van der Waals surface area contributed by atoms with E-state index in [1.165, 1.54) is 24.3 Å². The van der Waals surface area contributed by atoms with Gasteiger partial charge in [-0.05, 0) is 61.4 Å². The SMILES string of the molecule is CCc1nnc(NS(=O)(=O)c2ccc(N=Cc3c(O)n(-c4ccc(Br)cc4C)c(=O)[nH]c3=O)cc2)s1. The number of benzene rings is 2. The molecule has 186 valence electrons. The zero-order valence-electron chi connectivity index (χ0n) is 18.9. The molecule has 0 atom stereocenters. The normalized spacial score (nSPS) is 11.8. The molecule has 0 aliphatic heterocycles. The number of aromatic amines is 1. The number of anilines is 1. The van der Waals surface area contributed by atoms with Crippen molar-refractivity contribution in [1.82, 2.24) is 19.7 Å². The molecule has 0 unspecified atom stereocenters. The van der Waals surface area contributed by atoms with Crippen LogP contribution in [0.3, 0.4) is 0 Å². The Hall–Kier alpha value is -3.62. The molecule has 0 fully saturated rings. The molecule has 2 heterocycles. The third kappa shape index (κ3) is 5.29. The van der Waals surface area contributed by atoms with Gasteiger partial charge >= 0.3 is 5.69 Å². The number of H-pyrrole nitrogens is 1. The van der Waals surface area contributed by atoms with Crippen molar-refractivity contribution in [2.24, 2.45) is 4.99 Å². The largest absolute Gasteiger partial charge is 0.493 e. The van der Waals surface area contributed by atoms with Crippen LogP contribution in [0.2, 0.25) is 0 Å². The van der Waals surface area contributed by atoms with Gasteiger partial charge < -0.3 is 5.11 Å². The summed E-state index contributed by atoms with van der Waals surface area (Å²) in [5, 5.41) is 19.3. The fraction of sp³-hybridized carbons (Fsp3) is 0.136. The van der Waals surface area contributed by atoms with E-state index < -0.39 is 27.2 Å². The Morgan fingerprint density at radius 3 is 2.56 bits per heavy atom. The minimum Gasteiger partial charge on any atom is -0.493 e. The van der Waals surface area contributed by atoms with Crippen molar-refractivity contribution in [2.75, 3.05) is 4.72 Å². The van der Waals surface area contributed by atoms with E-state index in [9.17, 15) is 23.1 Å². The zero-order valence-corrected chi connectivity index (χ0v) is 22.1. The highest BCUT2D eigenvalue weighted by Crippen LogP contribution is 2.24. The van der Waals surface area contributed by atoms with Crippen molar-refractivity contribution in [2.45, 2.75) is 25.2 Å². The smallest absolute Gasteiger partial charge is 0.335 e. The lowest BCUT2D eigenvalue weighted by molar-refractivity contribution is 0.430. The number of nitrogens with one attached hydrogen (secondary N) is 2. The molecule has 0 aliphatic carbocycles. The third-order valence-corrected chi connectivity index (χ3v) is 7.96. The van der Waals surface area contributed by atoms with Gasteiger partial charge in [0.25, 0.3) is 15.6 Å². The molecule has 0 radical (unpaired) electrons. The lowest BCUT2D eigenvalue weighted by Crippen LogP contribution is -2.31. The molecule has 36 heavy (non-hydrogen) atoms. The fourth-order valence-corrected chi connectivity index (χ4v) is 5.60. The van der Waals surface area contributed by atoms with Crippen molar-refractivity contribution in [3.8, 4) is 11.6 Å². The van der Waals surface area contributed by atoms with Crippen molar-refractivity contribution in [3.05, 3.63) is 83.9 Å². The molecule has 11 nitrogen and oxygen atoms in total. The summed E-state index contributed by atoms with van der Waals surface area (Å²) in [4.78, 5) is 31.1. The van der Waals surface area contributed by atoms with Gasteiger partial charge in [-0.1, -0.05) is 34.2 Å². The first-order valence-electron chi connectivity index (χ1n) is 10.4. The second kappa shape index (κ2) is 10.2. The molecule has 14 heteroatoms. The summed E-state index contributed by atoms with van der Waals surface area (Å²) in [7, 11) is -3.88. The van der Waals surface area contributed by atoms with E-state index in [0.717, 1.165) is 26.6 Å². The van der Waals surface area contributed by atoms with Gasteiger partial charge in [0, 0.05) is 10.7 Å². The van der Waals surface area contributed by atoms with Crippen LogP contribution in [0.25, 0.3) is 5.69 Å². The highest BCUT2D eigenvalue weighted by atomic mass is 79.9. The van der Waals surface area contributed by atoms with Gasteiger partial charge in [0.15, 0.2) is 0 Å². The number of aryl methyl sites for hydroxylation is 2. The Morgan fingerprint density at radius 2 is 1.92 bits per heavy atom. The molecule has 0 amide bonds. The number of halogens is 1. The average molecular weight is 591 g/mol. The molecule has 3 N–H and O–H groups in total. The Kier molecular flexibility index (Phi) is 7.19. The average Bonchev–Trinajstić information content (AvgIpc) is 3.27. The molecule has 4 rings (SSSR count). The molecule has 0 saturated heterocycles. The number of hydrogen-bond acceptors (Lipinski definition) is 9. The molecule has 0 spiro atoms. The third-order valence-electron chi connectivity index (χ3n) is 5.00. The van der Waals surface area contributed by atoms with Gasteiger partial charge in [-0.15, -0.1) is 10.2 Å². The van der Waals surface area contributed by atoms with Gasteiger partial charge in [-0.25, -0.2) is 17.8 Å². The predicted octanol–water partition coefficient (Wildman–Crippen LogP) is 3.27. The highest BCUT2D eigenvalue weighted by Gasteiger charge is 2.18. The molecule has 2 aromatic heterocycles. The summed E-state index contributed by atoms with van der Waals surface area (Å²) in [5.74, 6) is -0.579. The maximum Gasteiger partial charge on any atom is 0.335 e. The Bertz CT molecular complexity index is 1690. The summed E-state index contributed by atoms with van der Waals surface area (Å²) in [5.41, 5.74) is -0.479. The zero-order chi connectivity index (χ0) is 26.0. The van der Waals surface area contributed by atoms with Crippen LogP contribution < -0.4 is 16.0 Å². The standard InChI is InChI=1S/C22H19BrN6O5S2/c1-3-18-26-27-21(35-18)28-36(33,34)15-7-5-14(6-8-15)24-11-16-19(30)25-22(32)29(20(16)31)17-9-4-13(23)10-12(17)2/h4-11,31H,3H2,1-2H3,(H,27,28)(H,25,30,32). The van der Waals surface area contributed by atoms with Crippen LogP contribution in [0.5, 0.6) is 5.88 Å². The summed E-state index contributed by atoms with van der Waals surface area (Å²) in [6.07, 6.45) is 1.75. The van der Waals surface area contributed by atoms with Crippen LogP contribution >= 0.6 is 27.3 Å². The Balaban J connectivity index is 1.62. The summed E-state index contributed by atoms with van der Waals surface area (Å²) >= 11 is 4.49. The molecule has 2 aromatic carbocycles. The number of nitrogens with zero attached hydrogens (tertiary/aromatic N) is 4. The summed E-state index contributed by atoms with van der Waals surface area (Å²) < 4.78 is 29.4. The molecule has 0 saturated carbocycles. The van der Waals surface area contributed by atoms with E-state index in [0.29, 0.717) is 28.4 Å². The van der Waals surface area contributed by atoms with Gasteiger partial charge in [0.1, 0.15) is 10.6 Å². The summed E-state index contributed by atoms with van der Waals surface area (Å²) in [6.45, 7) is 3.64. The molecule has 0 aliphatic rings. The topological polar surface area (TPSA) is 159 Å². The fourth-order valence-electron chi connectivity index (χ4n) is 3.21. The lowest BCUT2D eigenvalue weighted by Gasteiger charge is -2.12. The number of sulfonamides is 1. The van der Waals surface area contributed by atoms with Gasteiger partial charge in [0.05, 0.1) is 16.3 Å². The van der Waals surface area contributed by atoms with Crippen LogP contribution in [0, 0.1) is 6.92 Å². The van der Waals surface area contributed by atoms with Crippen molar-refractivity contribution >= 4 is 54.3 Å². The van der Waals surface area contributed by atoms with E-state index in [1.807, 2.05) is 6.92 Å². The first-order valence-corrected chi connectivity index (χ1v) is 13.5. The molecular weight excluding hydrogens is 572 g/mol. The van der Waals surface area contributed by atoms with Crippen molar-refractivity contribution < 1.29 is 13.5 Å². The van der Waals surface area contributed by atoms with E-state index in [1.54, 1.807) is 25.1 Å². The van der Waals surface area contributed by atoms with E-state index in [-0.39, 0.29) is 15.6 Å². The Labute approximate surface area is 217 Å². The van der Waals surface area contributed by atoms with Gasteiger partial charge in [-0.2, -0.15) is 0 Å². The van der Waals surface area contributed by atoms with E-state index in [2.05, 4.69) is 40.8 Å². The lowest BCUT2D eigenvalue weighted by atomic mass is 10.2. The van der Waals surface area contributed by atoms with Gasteiger partial charge in [0.2, 0.25) is 11.0 Å². The Morgan fingerprint density at radius 1 is 1.19 bits per heavy atom. The van der Waals surface area contributed by atoms with E-state index in [4.69, 9.17) is 0 Å². The maximum atomic E-state index is 12.6. The van der Waals surface area contributed by atoms with Crippen LogP contribution in [0.1, 0.15) is 23.1 Å².